The van der Waals surface area contributed by atoms with E-state index in [2.05, 4.69) is 5.32 Å². The van der Waals surface area contributed by atoms with Gasteiger partial charge in [-0.1, -0.05) is 31.4 Å². The van der Waals surface area contributed by atoms with Gasteiger partial charge in [-0.2, -0.15) is 0 Å². The molecule has 3 aromatic carbocycles. The number of benzene rings is 3. The van der Waals surface area contributed by atoms with Gasteiger partial charge in [0.05, 0.1) is 24.3 Å². The van der Waals surface area contributed by atoms with Crippen LogP contribution in [0.4, 0.5) is 5.69 Å². The molecule has 0 aromatic heterocycles. The van der Waals surface area contributed by atoms with Crippen molar-refractivity contribution < 1.29 is 27.5 Å². The lowest BCUT2D eigenvalue weighted by atomic mass is 9.95. The number of amides is 2. The molecule has 4 rings (SSSR count). The molecule has 1 N–H and O–H groups in total. The Bertz CT molecular complexity index is 1520. The van der Waals surface area contributed by atoms with Crippen molar-refractivity contribution in [1.82, 2.24) is 10.2 Å². The first kappa shape index (κ1) is 34.2. The molecule has 242 valence electrons. The SMILES string of the molecule is CCOc1ccc(N(CC(=O)N(Cc2cccc(OC)c2)C(C)C(=O)NC2CCCCC2)S(=O)(=O)c2ccc(SC)cc2)cc1. The summed E-state index contributed by atoms with van der Waals surface area (Å²) in [6.07, 6.45) is 6.98. The van der Waals surface area contributed by atoms with Crippen LogP contribution in [0.5, 0.6) is 11.5 Å². The smallest absolute Gasteiger partial charge is 0.264 e. The van der Waals surface area contributed by atoms with Crippen molar-refractivity contribution in [1.29, 1.82) is 0 Å². The first-order valence-electron chi connectivity index (χ1n) is 15.3. The summed E-state index contributed by atoms with van der Waals surface area (Å²) < 4.78 is 40.3. The third-order valence-corrected chi connectivity index (χ3v) is 10.5. The number of anilines is 1. The maximum atomic E-state index is 14.3. The summed E-state index contributed by atoms with van der Waals surface area (Å²) >= 11 is 1.51. The van der Waals surface area contributed by atoms with Gasteiger partial charge in [-0.3, -0.25) is 13.9 Å². The number of hydrogen-bond donors (Lipinski definition) is 1. The lowest BCUT2D eigenvalue weighted by molar-refractivity contribution is -0.139. The average Bonchev–Trinajstić information content (AvgIpc) is 3.06. The number of carbonyl (C=O) groups excluding carboxylic acids is 2. The van der Waals surface area contributed by atoms with Gasteiger partial charge >= 0.3 is 0 Å². The molecule has 0 radical (unpaired) electrons. The van der Waals surface area contributed by atoms with Crippen LogP contribution in [-0.4, -0.2) is 63.7 Å². The molecule has 1 atom stereocenters. The molecule has 2 amide bonds. The van der Waals surface area contributed by atoms with Crippen molar-refractivity contribution in [3.05, 3.63) is 78.4 Å². The Morgan fingerprint density at radius 3 is 2.29 bits per heavy atom. The predicted octanol–water partition coefficient (Wildman–Crippen LogP) is 5.88. The molecular formula is C34H43N3O6S2. The van der Waals surface area contributed by atoms with Crippen LogP contribution >= 0.6 is 11.8 Å². The zero-order valence-electron chi connectivity index (χ0n) is 26.4. The highest BCUT2D eigenvalue weighted by atomic mass is 32.2. The molecule has 45 heavy (non-hydrogen) atoms. The van der Waals surface area contributed by atoms with E-state index in [1.54, 1.807) is 74.7 Å². The van der Waals surface area contributed by atoms with E-state index in [-0.39, 0.29) is 23.4 Å². The van der Waals surface area contributed by atoms with Gasteiger partial charge in [0.2, 0.25) is 11.8 Å². The number of sulfonamides is 1. The molecule has 3 aromatic rings. The minimum absolute atomic E-state index is 0.0596. The molecule has 0 heterocycles. The third-order valence-electron chi connectivity index (χ3n) is 7.97. The topological polar surface area (TPSA) is 105 Å². The summed E-state index contributed by atoms with van der Waals surface area (Å²) in [6.45, 7) is 3.60. The lowest BCUT2D eigenvalue weighted by Crippen LogP contribution is -2.53. The average molecular weight is 654 g/mol. The maximum Gasteiger partial charge on any atom is 0.264 e. The van der Waals surface area contributed by atoms with Gasteiger partial charge in [0.15, 0.2) is 0 Å². The summed E-state index contributed by atoms with van der Waals surface area (Å²) in [5.74, 6) is 0.428. The highest BCUT2D eigenvalue weighted by Gasteiger charge is 2.33. The van der Waals surface area contributed by atoms with Crippen LogP contribution in [0, 0.1) is 0 Å². The first-order valence-corrected chi connectivity index (χ1v) is 17.9. The van der Waals surface area contributed by atoms with Gasteiger partial charge in [0.1, 0.15) is 24.1 Å². The molecule has 0 aliphatic heterocycles. The van der Waals surface area contributed by atoms with Crippen molar-refractivity contribution in [3.8, 4) is 11.5 Å². The van der Waals surface area contributed by atoms with Crippen LogP contribution in [-0.2, 0) is 26.2 Å². The number of hydrogen-bond acceptors (Lipinski definition) is 7. The molecule has 1 aliphatic rings. The number of rotatable bonds is 14. The number of methoxy groups -OCH3 is 1. The number of carbonyl (C=O) groups is 2. The Morgan fingerprint density at radius 2 is 1.67 bits per heavy atom. The largest absolute Gasteiger partial charge is 0.497 e. The molecule has 0 spiro atoms. The molecule has 1 saturated carbocycles. The van der Waals surface area contributed by atoms with Crippen molar-refractivity contribution in [2.24, 2.45) is 0 Å². The molecule has 0 bridgehead atoms. The van der Waals surface area contributed by atoms with Crippen LogP contribution in [0.15, 0.2) is 82.6 Å². The fourth-order valence-electron chi connectivity index (χ4n) is 5.40. The van der Waals surface area contributed by atoms with E-state index in [4.69, 9.17) is 9.47 Å². The van der Waals surface area contributed by atoms with Crippen molar-refractivity contribution >= 4 is 39.3 Å². The van der Waals surface area contributed by atoms with Gasteiger partial charge in [-0.15, -0.1) is 11.8 Å². The van der Waals surface area contributed by atoms with E-state index in [1.807, 2.05) is 25.3 Å². The summed E-state index contributed by atoms with van der Waals surface area (Å²) in [4.78, 5) is 30.2. The Kier molecular flexibility index (Phi) is 12.2. The van der Waals surface area contributed by atoms with Crippen LogP contribution < -0.4 is 19.1 Å². The van der Waals surface area contributed by atoms with Crippen molar-refractivity contribution in [2.45, 2.75) is 74.4 Å². The summed E-state index contributed by atoms with van der Waals surface area (Å²) in [5.41, 5.74) is 1.06. The Morgan fingerprint density at radius 1 is 0.978 bits per heavy atom. The fourth-order valence-corrected chi connectivity index (χ4v) is 7.22. The minimum Gasteiger partial charge on any atom is -0.497 e. The monoisotopic (exact) mass is 653 g/mol. The first-order chi connectivity index (χ1) is 21.7. The summed E-state index contributed by atoms with van der Waals surface area (Å²) in [7, 11) is -2.61. The zero-order valence-corrected chi connectivity index (χ0v) is 28.0. The molecule has 9 nitrogen and oxygen atoms in total. The molecular weight excluding hydrogens is 611 g/mol. The van der Waals surface area contributed by atoms with Crippen molar-refractivity contribution in [2.75, 3.05) is 30.8 Å². The fraction of sp³-hybridized carbons (Fsp3) is 0.412. The quantitative estimate of drug-likeness (QED) is 0.217. The normalized spacial score (nSPS) is 14.3. The Balaban J connectivity index is 1.69. The maximum absolute atomic E-state index is 14.3. The summed E-state index contributed by atoms with van der Waals surface area (Å²) in [6, 6.07) is 19.7. The van der Waals surface area contributed by atoms with Gasteiger partial charge < -0.3 is 19.7 Å². The lowest BCUT2D eigenvalue weighted by Gasteiger charge is -2.33. The van der Waals surface area contributed by atoms with E-state index < -0.39 is 28.5 Å². The third kappa shape index (κ3) is 8.94. The van der Waals surface area contributed by atoms with Gasteiger partial charge in [-0.05, 0) is 99.2 Å². The molecule has 0 saturated heterocycles. The highest BCUT2D eigenvalue weighted by molar-refractivity contribution is 7.98. The highest BCUT2D eigenvalue weighted by Crippen LogP contribution is 2.28. The Labute approximate surface area is 271 Å². The second-order valence-electron chi connectivity index (χ2n) is 11.0. The second kappa shape index (κ2) is 16.0. The number of nitrogens with zero attached hydrogens (tertiary/aromatic N) is 2. The van der Waals surface area contributed by atoms with Crippen LogP contribution in [0.25, 0.3) is 0 Å². The number of ether oxygens (including phenoxy) is 2. The van der Waals surface area contributed by atoms with Gasteiger partial charge in [0.25, 0.3) is 10.0 Å². The predicted molar refractivity (Wildman–Crippen MR) is 178 cm³/mol. The molecule has 11 heteroatoms. The summed E-state index contributed by atoms with van der Waals surface area (Å²) in [5, 5.41) is 3.13. The number of thioether (sulfide) groups is 1. The number of nitrogens with one attached hydrogen (secondary N) is 1. The van der Waals surface area contributed by atoms with E-state index >= 15 is 0 Å². The van der Waals surface area contributed by atoms with E-state index in [0.717, 1.165) is 46.9 Å². The second-order valence-corrected chi connectivity index (χ2v) is 13.7. The van der Waals surface area contributed by atoms with E-state index in [1.165, 1.54) is 16.7 Å². The molecule has 1 fully saturated rings. The van der Waals surface area contributed by atoms with E-state index in [0.29, 0.717) is 23.8 Å². The minimum atomic E-state index is -4.17. The molecule has 1 unspecified atom stereocenters. The van der Waals surface area contributed by atoms with Crippen molar-refractivity contribution in [3.63, 3.8) is 0 Å². The van der Waals surface area contributed by atoms with Gasteiger partial charge in [0, 0.05) is 17.5 Å². The zero-order chi connectivity index (χ0) is 32.4. The molecule has 1 aliphatic carbocycles. The van der Waals surface area contributed by atoms with Gasteiger partial charge in [-0.25, -0.2) is 8.42 Å². The van der Waals surface area contributed by atoms with Crippen LogP contribution in [0.2, 0.25) is 0 Å². The van der Waals surface area contributed by atoms with Crippen LogP contribution in [0.1, 0.15) is 51.5 Å². The van der Waals surface area contributed by atoms with Crippen LogP contribution in [0.3, 0.4) is 0 Å². The van der Waals surface area contributed by atoms with E-state index in [9.17, 15) is 18.0 Å². The Hall–Kier alpha value is -3.70. The standard InChI is InChI=1S/C34H43N3O6S2/c1-5-43-29-16-14-28(15-17-29)37(45(40,41)32-20-18-31(44-4)19-21-32)24-33(38)36(23-26-10-9-13-30(22-26)42-3)25(2)34(39)35-27-11-7-6-8-12-27/h9-10,13-22,25,27H,5-8,11-12,23-24H2,1-4H3,(H,35,39).